The van der Waals surface area contributed by atoms with E-state index < -0.39 is 16.3 Å². The summed E-state index contributed by atoms with van der Waals surface area (Å²) in [5, 5.41) is 21.3. The SMILES string of the molecule is Cc1cc(N2CCC(C)(C(=O)O)C2)c2cccc([N+](=O)[O-])c2n1. The van der Waals surface area contributed by atoms with Crippen molar-refractivity contribution in [2.45, 2.75) is 20.3 Å². The van der Waals surface area contributed by atoms with Crippen LogP contribution >= 0.6 is 0 Å². The van der Waals surface area contributed by atoms with Gasteiger partial charge in [0.25, 0.3) is 5.69 Å². The number of hydrogen-bond donors (Lipinski definition) is 1. The molecule has 1 fully saturated rings. The molecule has 0 spiro atoms. The summed E-state index contributed by atoms with van der Waals surface area (Å²) in [5.74, 6) is -0.818. The first kappa shape index (κ1) is 15.2. The molecule has 2 heterocycles. The summed E-state index contributed by atoms with van der Waals surface area (Å²) in [4.78, 5) is 28.5. The molecule has 0 bridgehead atoms. The Labute approximate surface area is 132 Å². The number of hydrogen-bond acceptors (Lipinski definition) is 5. The van der Waals surface area contributed by atoms with Crippen LogP contribution < -0.4 is 4.90 Å². The van der Waals surface area contributed by atoms with Crippen molar-refractivity contribution in [3.8, 4) is 0 Å². The molecule has 0 aliphatic carbocycles. The minimum atomic E-state index is -0.818. The predicted octanol–water partition coefficient (Wildman–Crippen LogP) is 2.75. The molecule has 1 aromatic carbocycles. The van der Waals surface area contributed by atoms with Gasteiger partial charge in [0, 0.05) is 35.9 Å². The molecule has 1 aromatic heterocycles. The van der Waals surface area contributed by atoms with Crippen LogP contribution in [0.5, 0.6) is 0 Å². The number of aryl methyl sites for hydroxylation is 1. The van der Waals surface area contributed by atoms with Crippen LogP contribution in [0.3, 0.4) is 0 Å². The largest absolute Gasteiger partial charge is 0.481 e. The van der Waals surface area contributed by atoms with Crippen molar-refractivity contribution >= 4 is 28.2 Å². The van der Waals surface area contributed by atoms with Gasteiger partial charge in [0.1, 0.15) is 0 Å². The summed E-state index contributed by atoms with van der Waals surface area (Å²) < 4.78 is 0. The molecule has 0 saturated carbocycles. The fourth-order valence-corrected chi connectivity index (χ4v) is 3.09. The van der Waals surface area contributed by atoms with Gasteiger partial charge < -0.3 is 10.0 Å². The lowest BCUT2D eigenvalue weighted by Crippen LogP contribution is -2.31. The molecule has 0 amide bonds. The summed E-state index contributed by atoms with van der Waals surface area (Å²) in [5.41, 5.74) is 0.987. The molecule has 2 aromatic rings. The number of rotatable bonds is 3. The molecular formula is C16H17N3O4. The standard InChI is InChI=1S/C16H17N3O4/c1-10-8-13(18-7-6-16(2,9-18)15(20)21)11-4-3-5-12(19(22)23)14(11)17-10/h3-5,8H,6-7,9H2,1-2H3,(H,20,21). The average Bonchev–Trinajstić information content (AvgIpc) is 2.89. The normalized spacial score (nSPS) is 20.9. The topological polar surface area (TPSA) is 96.6 Å². The molecule has 1 N–H and O–H groups in total. The zero-order valence-electron chi connectivity index (χ0n) is 12.9. The average molecular weight is 315 g/mol. The van der Waals surface area contributed by atoms with Gasteiger partial charge in [-0.2, -0.15) is 0 Å². The van der Waals surface area contributed by atoms with Crippen LogP contribution in [-0.2, 0) is 4.79 Å². The second kappa shape index (κ2) is 5.19. The van der Waals surface area contributed by atoms with Crippen LogP contribution in [0.2, 0.25) is 0 Å². The first-order valence-electron chi connectivity index (χ1n) is 7.35. The highest BCUT2D eigenvalue weighted by Gasteiger charge is 2.41. The van der Waals surface area contributed by atoms with E-state index in [9.17, 15) is 20.0 Å². The number of carbonyl (C=O) groups is 1. The van der Waals surface area contributed by atoms with Crippen LogP contribution in [0.15, 0.2) is 24.3 Å². The monoisotopic (exact) mass is 315 g/mol. The van der Waals surface area contributed by atoms with E-state index in [0.29, 0.717) is 36.1 Å². The van der Waals surface area contributed by atoms with Crippen molar-refractivity contribution in [1.82, 2.24) is 4.98 Å². The number of anilines is 1. The third kappa shape index (κ3) is 2.48. The number of fused-ring (bicyclic) bond motifs is 1. The van der Waals surface area contributed by atoms with Gasteiger partial charge in [0.2, 0.25) is 0 Å². The van der Waals surface area contributed by atoms with E-state index >= 15 is 0 Å². The van der Waals surface area contributed by atoms with Gasteiger partial charge in [-0.25, -0.2) is 4.98 Å². The number of carboxylic acid groups (broad SMARTS) is 1. The van der Waals surface area contributed by atoms with Gasteiger partial charge in [-0.1, -0.05) is 12.1 Å². The maximum absolute atomic E-state index is 11.4. The lowest BCUT2D eigenvalue weighted by molar-refractivity contribution is -0.383. The number of non-ortho nitro benzene ring substituents is 1. The minimum absolute atomic E-state index is 0.0346. The number of benzene rings is 1. The van der Waals surface area contributed by atoms with E-state index in [0.717, 1.165) is 5.69 Å². The number of carboxylic acids is 1. The number of nitrogens with zero attached hydrogens (tertiary/aromatic N) is 3. The molecule has 23 heavy (non-hydrogen) atoms. The van der Waals surface area contributed by atoms with E-state index in [1.165, 1.54) is 6.07 Å². The summed E-state index contributed by atoms with van der Waals surface area (Å²) in [6.45, 7) is 4.49. The third-order valence-corrected chi connectivity index (χ3v) is 4.45. The Kier molecular flexibility index (Phi) is 3.43. The molecule has 1 saturated heterocycles. The lowest BCUT2D eigenvalue weighted by atomic mass is 9.90. The summed E-state index contributed by atoms with van der Waals surface area (Å²) in [7, 11) is 0. The molecule has 7 heteroatoms. The van der Waals surface area contributed by atoms with Gasteiger partial charge in [0.15, 0.2) is 5.52 Å². The number of para-hydroxylation sites is 1. The Balaban J connectivity index is 2.14. The van der Waals surface area contributed by atoms with Crippen LogP contribution in [0, 0.1) is 22.5 Å². The first-order chi connectivity index (χ1) is 10.8. The number of pyridine rings is 1. The van der Waals surface area contributed by atoms with Crippen LogP contribution in [0.4, 0.5) is 11.4 Å². The summed E-state index contributed by atoms with van der Waals surface area (Å²) in [6.07, 6.45) is 0.542. The van der Waals surface area contributed by atoms with Crippen LogP contribution in [0.1, 0.15) is 19.0 Å². The summed E-state index contributed by atoms with van der Waals surface area (Å²) >= 11 is 0. The van der Waals surface area contributed by atoms with Crippen molar-refractivity contribution in [1.29, 1.82) is 0 Å². The number of aromatic nitrogens is 1. The molecule has 1 atom stereocenters. The van der Waals surface area contributed by atoms with Gasteiger partial charge >= 0.3 is 5.97 Å². The highest BCUT2D eigenvalue weighted by atomic mass is 16.6. The van der Waals surface area contributed by atoms with Crippen LogP contribution in [-0.4, -0.2) is 34.1 Å². The Bertz CT molecular complexity index is 820. The van der Waals surface area contributed by atoms with E-state index in [-0.39, 0.29) is 5.69 Å². The lowest BCUT2D eigenvalue weighted by Gasteiger charge is -2.23. The molecule has 3 rings (SSSR count). The fraction of sp³-hybridized carbons (Fsp3) is 0.375. The Morgan fingerprint density at radius 2 is 2.22 bits per heavy atom. The number of nitro groups is 1. The Morgan fingerprint density at radius 1 is 1.48 bits per heavy atom. The van der Waals surface area contributed by atoms with Crippen molar-refractivity contribution < 1.29 is 14.8 Å². The second-order valence-corrected chi connectivity index (χ2v) is 6.25. The van der Waals surface area contributed by atoms with Gasteiger partial charge in [-0.05, 0) is 26.3 Å². The molecule has 0 radical (unpaired) electrons. The van der Waals surface area contributed by atoms with E-state index in [1.807, 2.05) is 11.0 Å². The zero-order chi connectivity index (χ0) is 16.8. The van der Waals surface area contributed by atoms with Crippen molar-refractivity contribution in [2.24, 2.45) is 5.41 Å². The van der Waals surface area contributed by atoms with Gasteiger partial charge in [-0.15, -0.1) is 0 Å². The predicted molar refractivity (Wildman–Crippen MR) is 85.7 cm³/mol. The van der Waals surface area contributed by atoms with E-state index in [1.54, 1.807) is 26.0 Å². The smallest absolute Gasteiger partial charge is 0.311 e. The Morgan fingerprint density at radius 3 is 2.83 bits per heavy atom. The zero-order valence-corrected chi connectivity index (χ0v) is 12.9. The molecule has 1 unspecified atom stereocenters. The maximum atomic E-state index is 11.4. The quantitative estimate of drug-likeness (QED) is 0.691. The Hall–Kier alpha value is -2.70. The van der Waals surface area contributed by atoms with Crippen molar-refractivity contribution in [3.63, 3.8) is 0 Å². The van der Waals surface area contributed by atoms with E-state index in [4.69, 9.17) is 0 Å². The third-order valence-electron chi connectivity index (χ3n) is 4.45. The van der Waals surface area contributed by atoms with E-state index in [2.05, 4.69) is 4.98 Å². The second-order valence-electron chi connectivity index (χ2n) is 6.25. The minimum Gasteiger partial charge on any atom is -0.481 e. The number of nitro benzene ring substituents is 1. The number of aliphatic carboxylic acids is 1. The van der Waals surface area contributed by atoms with Crippen LogP contribution in [0.25, 0.3) is 10.9 Å². The molecule has 1 aliphatic rings. The molecule has 7 nitrogen and oxygen atoms in total. The van der Waals surface area contributed by atoms with Crippen molar-refractivity contribution in [2.75, 3.05) is 18.0 Å². The van der Waals surface area contributed by atoms with Gasteiger partial charge in [-0.3, -0.25) is 14.9 Å². The highest BCUT2D eigenvalue weighted by molar-refractivity contribution is 5.97. The van der Waals surface area contributed by atoms with Crippen molar-refractivity contribution in [3.05, 3.63) is 40.1 Å². The molecule has 1 aliphatic heterocycles. The maximum Gasteiger partial charge on any atom is 0.311 e. The van der Waals surface area contributed by atoms with Gasteiger partial charge in [0.05, 0.1) is 10.3 Å². The first-order valence-corrected chi connectivity index (χ1v) is 7.35. The summed E-state index contributed by atoms with van der Waals surface area (Å²) in [6, 6.07) is 6.72. The molecule has 120 valence electrons. The fourth-order valence-electron chi connectivity index (χ4n) is 3.09. The molecular weight excluding hydrogens is 298 g/mol. The highest BCUT2D eigenvalue weighted by Crippen LogP contribution is 2.38.